The Morgan fingerprint density at radius 3 is 2.44 bits per heavy atom. The highest BCUT2D eigenvalue weighted by molar-refractivity contribution is 5.79. The molecule has 0 fully saturated rings. The number of hydrogen-bond acceptors (Lipinski definition) is 3. The third-order valence-electron chi connectivity index (χ3n) is 2.56. The molecule has 0 spiro atoms. The zero-order valence-electron chi connectivity index (χ0n) is 8.85. The fourth-order valence-electron chi connectivity index (χ4n) is 1.71. The predicted molar refractivity (Wildman–Crippen MR) is 66.6 cm³/mol. The van der Waals surface area contributed by atoms with E-state index in [1.165, 1.54) is 0 Å². The summed E-state index contributed by atoms with van der Waals surface area (Å²) >= 11 is 0. The number of nitrogen functional groups attached to an aromatic ring is 2. The minimum absolute atomic E-state index is 0.0536. The summed E-state index contributed by atoms with van der Waals surface area (Å²) in [5.74, 6) is 0. The molecule has 0 heterocycles. The smallest absolute Gasteiger partial charge is 0.0702 e. The molecule has 0 bridgehead atoms. The summed E-state index contributed by atoms with van der Waals surface area (Å²) in [4.78, 5) is 0. The van der Waals surface area contributed by atoms with Gasteiger partial charge in [-0.1, -0.05) is 30.3 Å². The zero-order chi connectivity index (χ0) is 11.5. The van der Waals surface area contributed by atoms with Crippen LogP contribution in [0, 0.1) is 0 Å². The van der Waals surface area contributed by atoms with Gasteiger partial charge in [-0.25, -0.2) is 0 Å². The third-order valence-corrected chi connectivity index (χ3v) is 2.56. The zero-order valence-corrected chi connectivity index (χ0v) is 8.85. The Bertz CT molecular complexity index is 509. The summed E-state index contributed by atoms with van der Waals surface area (Å²) in [5, 5.41) is 9.14. The third kappa shape index (κ3) is 1.85. The summed E-state index contributed by atoms with van der Waals surface area (Å²) in [6, 6.07) is 13.1. The van der Waals surface area contributed by atoms with E-state index in [1.54, 1.807) is 0 Å². The van der Waals surface area contributed by atoms with Crippen molar-refractivity contribution in [2.24, 2.45) is 0 Å². The first-order chi connectivity index (χ1) is 7.72. The largest absolute Gasteiger partial charge is 0.399 e. The van der Waals surface area contributed by atoms with Crippen molar-refractivity contribution in [1.82, 2.24) is 0 Å². The van der Waals surface area contributed by atoms with Crippen molar-refractivity contribution in [2.45, 2.75) is 6.61 Å². The van der Waals surface area contributed by atoms with E-state index in [1.807, 2.05) is 42.5 Å². The Kier molecular flexibility index (Phi) is 2.79. The second kappa shape index (κ2) is 4.24. The topological polar surface area (TPSA) is 72.3 Å². The van der Waals surface area contributed by atoms with Gasteiger partial charge >= 0.3 is 0 Å². The van der Waals surface area contributed by atoms with Crippen molar-refractivity contribution in [3.8, 4) is 11.1 Å². The van der Waals surface area contributed by atoms with Crippen LogP contribution >= 0.6 is 0 Å². The number of aliphatic hydroxyl groups excluding tert-OH is 1. The van der Waals surface area contributed by atoms with Crippen LogP contribution in [-0.4, -0.2) is 5.11 Å². The lowest BCUT2D eigenvalue weighted by Crippen LogP contribution is -1.97. The van der Waals surface area contributed by atoms with E-state index in [9.17, 15) is 0 Å². The molecule has 0 radical (unpaired) electrons. The van der Waals surface area contributed by atoms with Gasteiger partial charge in [0.2, 0.25) is 0 Å². The minimum atomic E-state index is -0.0536. The summed E-state index contributed by atoms with van der Waals surface area (Å²) < 4.78 is 0. The number of nitrogens with two attached hydrogens (primary N) is 2. The molecular weight excluding hydrogens is 200 g/mol. The van der Waals surface area contributed by atoms with Gasteiger partial charge in [0.15, 0.2) is 0 Å². The summed E-state index contributed by atoms with van der Waals surface area (Å²) in [6.45, 7) is -0.0536. The van der Waals surface area contributed by atoms with E-state index in [-0.39, 0.29) is 6.61 Å². The minimum Gasteiger partial charge on any atom is -0.399 e. The van der Waals surface area contributed by atoms with E-state index in [0.717, 1.165) is 16.7 Å². The maximum Gasteiger partial charge on any atom is 0.0702 e. The van der Waals surface area contributed by atoms with Gasteiger partial charge in [-0.05, 0) is 17.7 Å². The molecule has 0 amide bonds. The highest BCUT2D eigenvalue weighted by Crippen LogP contribution is 2.29. The van der Waals surface area contributed by atoms with Crippen LogP contribution in [0.1, 0.15) is 5.56 Å². The van der Waals surface area contributed by atoms with Gasteiger partial charge in [0.25, 0.3) is 0 Å². The van der Waals surface area contributed by atoms with Crippen molar-refractivity contribution in [3.63, 3.8) is 0 Å². The summed E-state index contributed by atoms with van der Waals surface area (Å²) in [7, 11) is 0. The maximum atomic E-state index is 9.14. The van der Waals surface area contributed by atoms with Gasteiger partial charge in [-0.15, -0.1) is 0 Å². The average Bonchev–Trinajstić information content (AvgIpc) is 2.29. The molecule has 0 unspecified atom stereocenters. The predicted octanol–water partition coefficient (Wildman–Crippen LogP) is 2.01. The average molecular weight is 214 g/mol. The fraction of sp³-hybridized carbons (Fsp3) is 0.0769. The van der Waals surface area contributed by atoms with Crippen LogP contribution in [-0.2, 0) is 6.61 Å². The van der Waals surface area contributed by atoms with Crippen LogP contribution in [0.2, 0.25) is 0 Å². The van der Waals surface area contributed by atoms with Crippen LogP contribution < -0.4 is 11.5 Å². The van der Waals surface area contributed by atoms with Gasteiger partial charge in [-0.3, -0.25) is 0 Å². The SMILES string of the molecule is Nc1cccc(-c2cccc(CO)c2N)c1. The van der Waals surface area contributed by atoms with E-state index in [2.05, 4.69) is 0 Å². The molecule has 0 saturated heterocycles. The van der Waals surface area contributed by atoms with Gasteiger partial charge in [-0.2, -0.15) is 0 Å². The molecule has 0 aliphatic rings. The quantitative estimate of drug-likeness (QED) is 0.669. The molecular formula is C13H14N2O. The highest BCUT2D eigenvalue weighted by atomic mass is 16.3. The molecule has 0 atom stereocenters. The van der Waals surface area contributed by atoms with Crippen molar-refractivity contribution >= 4 is 11.4 Å². The monoisotopic (exact) mass is 214 g/mol. The molecule has 2 aromatic rings. The van der Waals surface area contributed by atoms with Gasteiger partial charge in [0.05, 0.1) is 6.61 Å². The van der Waals surface area contributed by atoms with Crippen molar-refractivity contribution in [3.05, 3.63) is 48.0 Å². The molecule has 2 rings (SSSR count). The lowest BCUT2D eigenvalue weighted by atomic mass is 10.0. The van der Waals surface area contributed by atoms with Gasteiger partial charge in [0, 0.05) is 22.5 Å². The number of rotatable bonds is 2. The molecule has 3 heteroatoms. The second-order valence-corrected chi connectivity index (χ2v) is 3.66. The van der Waals surface area contributed by atoms with Crippen LogP contribution in [0.4, 0.5) is 11.4 Å². The molecule has 3 nitrogen and oxygen atoms in total. The number of benzene rings is 2. The van der Waals surface area contributed by atoms with Crippen molar-refractivity contribution in [2.75, 3.05) is 11.5 Å². The van der Waals surface area contributed by atoms with Crippen LogP contribution in [0.15, 0.2) is 42.5 Å². The molecule has 0 aromatic heterocycles. The molecule has 0 saturated carbocycles. The molecule has 16 heavy (non-hydrogen) atoms. The first-order valence-corrected chi connectivity index (χ1v) is 5.06. The molecule has 2 aromatic carbocycles. The maximum absolute atomic E-state index is 9.14. The molecule has 0 aliphatic heterocycles. The first-order valence-electron chi connectivity index (χ1n) is 5.06. The van der Waals surface area contributed by atoms with E-state index < -0.39 is 0 Å². The number of anilines is 2. The number of para-hydroxylation sites is 1. The Hall–Kier alpha value is -2.00. The van der Waals surface area contributed by atoms with E-state index in [4.69, 9.17) is 16.6 Å². The lowest BCUT2D eigenvalue weighted by Gasteiger charge is -2.09. The first kappa shape index (κ1) is 10.5. The Morgan fingerprint density at radius 2 is 1.75 bits per heavy atom. The van der Waals surface area contributed by atoms with Crippen LogP contribution in [0.5, 0.6) is 0 Å². The van der Waals surface area contributed by atoms with Crippen LogP contribution in [0.25, 0.3) is 11.1 Å². The molecule has 0 aliphatic carbocycles. The van der Waals surface area contributed by atoms with Gasteiger partial charge < -0.3 is 16.6 Å². The summed E-state index contributed by atoms with van der Waals surface area (Å²) in [6.07, 6.45) is 0. The summed E-state index contributed by atoms with van der Waals surface area (Å²) in [5.41, 5.74) is 15.6. The highest BCUT2D eigenvalue weighted by Gasteiger charge is 2.06. The molecule has 5 N–H and O–H groups in total. The lowest BCUT2D eigenvalue weighted by molar-refractivity contribution is 0.282. The second-order valence-electron chi connectivity index (χ2n) is 3.66. The molecule has 82 valence electrons. The normalized spacial score (nSPS) is 10.3. The Labute approximate surface area is 94.3 Å². The van der Waals surface area contributed by atoms with E-state index in [0.29, 0.717) is 11.4 Å². The Balaban J connectivity index is 2.56. The van der Waals surface area contributed by atoms with Gasteiger partial charge in [0.1, 0.15) is 0 Å². The number of aliphatic hydroxyl groups is 1. The van der Waals surface area contributed by atoms with E-state index >= 15 is 0 Å². The van der Waals surface area contributed by atoms with Crippen molar-refractivity contribution in [1.29, 1.82) is 0 Å². The standard InChI is InChI=1S/C13H14N2O/c14-11-5-1-3-9(7-11)12-6-2-4-10(8-16)13(12)15/h1-7,16H,8,14-15H2. The van der Waals surface area contributed by atoms with Crippen molar-refractivity contribution < 1.29 is 5.11 Å². The Morgan fingerprint density at radius 1 is 1.00 bits per heavy atom. The van der Waals surface area contributed by atoms with Crippen LogP contribution in [0.3, 0.4) is 0 Å². The fourth-order valence-corrected chi connectivity index (χ4v) is 1.71. The number of hydrogen-bond donors (Lipinski definition) is 3.